The van der Waals surface area contributed by atoms with Crippen LogP contribution in [0, 0.1) is 0 Å². The van der Waals surface area contributed by atoms with Crippen molar-refractivity contribution in [3.8, 4) is 5.75 Å². The number of hydrogen-bond acceptors (Lipinski definition) is 5. The van der Waals surface area contributed by atoms with Gasteiger partial charge in [0.15, 0.2) is 0 Å². The van der Waals surface area contributed by atoms with Gasteiger partial charge in [0.05, 0.1) is 30.0 Å². The molecule has 0 atom stereocenters. The number of benzene rings is 1. The Hall–Kier alpha value is -1.79. The highest BCUT2D eigenvalue weighted by atomic mass is 16.6. The Kier molecular flexibility index (Phi) is 3.51. The second kappa shape index (κ2) is 5.20. The summed E-state index contributed by atoms with van der Waals surface area (Å²) in [4.78, 5) is 0. The number of aryl methyl sites for hydroxylation is 1. The molecule has 0 radical (unpaired) electrons. The zero-order chi connectivity index (χ0) is 15.0. The van der Waals surface area contributed by atoms with E-state index in [9.17, 15) is 5.11 Å². The fourth-order valence-corrected chi connectivity index (χ4v) is 2.19. The quantitative estimate of drug-likeness (QED) is 0.817. The van der Waals surface area contributed by atoms with E-state index in [0.717, 1.165) is 10.9 Å². The molecule has 0 unspecified atom stereocenters. The number of aromatic nitrogens is 2. The van der Waals surface area contributed by atoms with E-state index in [1.54, 1.807) is 13.8 Å². The number of aliphatic hydroxyl groups is 1. The van der Waals surface area contributed by atoms with Crippen LogP contribution in [0.3, 0.4) is 0 Å². The fraction of sp³-hybridized carbons (Fsp3) is 0.533. The third-order valence-corrected chi connectivity index (χ3v) is 3.54. The molecule has 1 aliphatic rings. The van der Waals surface area contributed by atoms with E-state index in [-0.39, 0.29) is 6.10 Å². The molecule has 114 valence electrons. The topological polar surface area (TPSA) is 82.5 Å². The molecule has 1 aromatic carbocycles. The largest absolute Gasteiger partial charge is 0.483 e. The summed E-state index contributed by atoms with van der Waals surface area (Å²) in [5.74, 6) is 0.656. The summed E-state index contributed by atoms with van der Waals surface area (Å²) in [6.45, 7) is 5.46. The predicted octanol–water partition coefficient (Wildman–Crippen LogP) is 1.56. The molecule has 0 amide bonds. The third-order valence-electron chi connectivity index (χ3n) is 3.54. The maximum Gasteiger partial charge on any atom is 0.145 e. The van der Waals surface area contributed by atoms with Gasteiger partial charge in [-0.15, -0.1) is 0 Å². The summed E-state index contributed by atoms with van der Waals surface area (Å²) in [6.07, 6.45) is 2.66. The predicted molar refractivity (Wildman–Crippen MR) is 80.3 cm³/mol. The number of anilines is 1. The highest BCUT2D eigenvalue weighted by Gasteiger charge is 2.21. The molecule has 3 rings (SSSR count). The lowest BCUT2D eigenvalue weighted by Crippen LogP contribution is -2.38. The van der Waals surface area contributed by atoms with Gasteiger partial charge < -0.3 is 20.3 Å². The van der Waals surface area contributed by atoms with Crippen LogP contribution >= 0.6 is 0 Å². The van der Waals surface area contributed by atoms with Crippen molar-refractivity contribution in [2.24, 2.45) is 0 Å². The van der Waals surface area contributed by atoms with Crippen LogP contribution in [0.5, 0.6) is 5.75 Å². The maximum atomic E-state index is 9.78. The molecule has 2 heterocycles. The lowest BCUT2D eigenvalue weighted by Gasteiger charge is -2.27. The Bertz CT molecular complexity index is 641. The van der Waals surface area contributed by atoms with Gasteiger partial charge in [-0.1, -0.05) is 0 Å². The van der Waals surface area contributed by atoms with E-state index >= 15 is 0 Å². The molecule has 1 aliphatic heterocycles. The molecule has 0 bridgehead atoms. The lowest BCUT2D eigenvalue weighted by atomic mass is 10.1. The normalized spacial score (nSPS) is 16.1. The molecule has 6 heteroatoms. The molecule has 1 aromatic heterocycles. The first-order valence-electron chi connectivity index (χ1n) is 7.14. The Morgan fingerprint density at radius 3 is 2.86 bits per heavy atom. The zero-order valence-electron chi connectivity index (χ0n) is 12.4. The summed E-state index contributed by atoms with van der Waals surface area (Å²) in [5.41, 5.74) is 6.78. The van der Waals surface area contributed by atoms with E-state index in [4.69, 9.17) is 15.2 Å². The Morgan fingerprint density at radius 1 is 1.48 bits per heavy atom. The summed E-state index contributed by atoms with van der Waals surface area (Å²) >= 11 is 0. The lowest BCUT2D eigenvalue weighted by molar-refractivity contribution is -0.0793. The van der Waals surface area contributed by atoms with Crippen LogP contribution < -0.4 is 10.5 Å². The number of rotatable bonds is 5. The monoisotopic (exact) mass is 291 g/mol. The van der Waals surface area contributed by atoms with Crippen molar-refractivity contribution in [2.45, 2.75) is 38.5 Å². The number of hydrogen-bond donors (Lipinski definition) is 2. The smallest absolute Gasteiger partial charge is 0.145 e. The van der Waals surface area contributed by atoms with Crippen molar-refractivity contribution in [1.82, 2.24) is 9.78 Å². The molecular formula is C15H21N3O3. The van der Waals surface area contributed by atoms with Crippen molar-refractivity contribution in [2.75, 3.05) is 18.9 Å². The van der Waals surface area contributed by atoms with Gasteiger partial charge in [-0.3, -0.25) is 4.68 Å². The molecule has 1 saturated heterocycles. The van der Waals surface area contributed by atoms with Crippen molar-refractivity contribution in [1.29, 1.82) is 0 Å². The van der Waals surface area contributed by atoms with E-state index in [1.807, 2.05) is 23.0 Å². The number of nitrogens with two attached hydrogens (primary N) is 1. The van der Waals surface area contributed by atoms with Crippen LogP contribution in [0.4, 0.5) is 5.69 Å². The first-order valence-corrected chi connectivity index (χ1v) is 7.14. The maximum absolute atomic E-state index is 9.78. The standard InChI is InChI=1S/C15H21N3O3/c1-15(2,19)3-4-18-7-10-5-12(16)14(6-13(10)17-18)21-11-8-20-9-11/h5-7,11,19H,3-4,8-9,16H2,1-2H3. The number of nitrogen functional groups attached to an aromatic ring is 1. The Labute approximate surface area is 123 Å². The fourth-order valence-electron chi connectivity index (χ4n) is 2.19. The first-order chi connectivity index (χ1) is 9.90. The summed E-state index contributed by atoms with van der Waals surface area (Å²) in [6, 6.07) is 3.74. The number of fused-ring (bicyclic) bond motifs is 1. The van der Waals surface area contributed by atoms with Gasteiger partial charge in [0, 0.05) is 24.2 Å². The summed E-state index contributed by atoms with van der Waals surface area (Å²) in [5, 5.41) is 15.3. The molecule has 3 N–H and O–H groups in total. The van der Waals surface area contributed by atoms with Gasteiger partial charge in [0.2, 0.25) is 0 Å². The molecule has 0 aliphatic carbocycles. The second-order valence-corrected chi connectivity index (χ2v) is 6.18. The van der Waals surface area contributed by atoms with E-state index in [2.05, 4.69) is 5.10 Å². The summed E-state index contributed by atoms with van der Waals surface area (Å²) < 4.78 is 12.7. The average molecular weight is 291 g/mol. The van der Waals surface area contributed by atoms with E-state index in [1.165, 1.54) is 0 Å². The average Bonchev–Trinajstić information content (AvgIpc) is 2.72. The second-order valence-electron chi connectivity index (χ2n) is 6.18. The van der Waals surface area contributed by atoms with Crippen molar-refractivity contribution in [3.63, 3.8) is 0 Å². The molecule has 0 spiro atoms. The van der Waals surface area contributed by atoms with Gasteiger partial charge >= 0.3 is 0 Å². The Balaban J connectivity index is 1.80. The molecular weight excluding hydrogens is 270 g/mol. The van der Waals surface area contributed by atoms with E-state index < -0.39 is 5.60 Å². The minimum Gasteiger partial charge on any atom is -0.483 e. The first kappa shape index (κ1) is 14.2. The molecule has 6 nitrogen and oxygen atoms in total. The minimum atomic E-state index is -0.699. The van der Waals surface area contributed by atoms with Crippen molar-refractivity contribution in [3.05, 3.63) is 18.3 Å². The van der Waals surface area contributed by atoms with Gasteiger partial charge in [-0.2, -0.15) is 5.10 Å². The van der Waals surface area contributed by atoms with Gasteiger partial charge in [-0.05, 0) is 26.3 Å². The number of nitrogens with zero attached hydrogens (tertiary/aromatic N) is 2. The van der Waals surface area contributed by atoms with Crippen LogP contribution in [0.15, 0.2) is 18.3 Å². The molecule has 2 aromatic rings. The van der Waals surface area contributed by atoms with E-state index in [0.29, 0.717) is 37.6 Å². The summed E-state index contributed by atoms with van der Waals surface area (Å²) in [7, 11) is 0. The van der Waals surface area contributed by atoms with Crippen LogP contribution in [0.1, 0.15) is 20.3 Å². The zero-order valence-corrected chi connectivity index (χ0v) is 12.4. The van der Waals surface area contributed by atoms with Crippen LogP contribution in [0.25, 0.3) is 10.9 Å². The van der Waals surface area contributed by atoms with Gasteiger partial charge in [0.25, 0.3) is 0 Å². The van der Waals surface area contributed by atoms with Crippen LogP contribution in [-0.2, 0) is 11.3 Å². The van der Waals surface area contributed by atoms with Crippen LogP contribution in [-0.4, -0.2) is 39.8 Å². The SMILES string of the molecule is CC(C)(O)CCn1cc2cc(N)c(OC3COC3)cc2n1. The Morgan fingerprint density at radius 2 is 2.24 bits per heavy atom. The van der Waals surface area contributed by atoms with Crippen LogP contribution in [0.2, 0.25) is 0 Å². The van der Waals surface area contributed by atoms with Crippen molar-refractivity contribution >= 4 is 16.6 Å². The highest BCUT2D eigenvalue weighted by molar-refractivity contribution is 5.84. The van der Waals surface area contributed by atoms with Gasteiger partial charge in [-0.25, -0.2) is 0 Å². The minimum absolute atomic E-state index is 0.0852. The molecule has 0 saturated carbocycles. The van der Waals surface area contributed by atoms with Gasteiger partial charge in [0.1, 0.15) is 11.9 Å². The third kappa shape index (κ3) is 3.28. The molecule has 1 fully saturated rings. The van der Waals surface area contributed by atoms with Crippen molar-refractivity contribution < 1.29 is 14.6 Å². The molecule has 21 heavy (non-hydrogen) atoms. The number of ether oxygens (including phenoxy) is 2. The highest BCUT2D eigenvalue weighted by Crippen LogP contribution is 2.29.